The average Bonchev–Trinajstić information content (AvgIpc) is 3.07. The second-order valence-corrected chi connectivity index (χ2v) is 13.0. The molecule has 1 aromatic carbocycles. The van der Waals surface area contributed by atoms with Gasteiger partial charge in [-0.2, -0.15) is 0 Å². The Balaban J connectivity index is 1.31. The first-order chi connectivity index (χ1) is 19.1. The van der Waals surface area contributed by atoms with Gasteiger partial charge in [-0.1, -0.05) is 12.1 Å². The van der Waals surface area contributed by atoms with Gasteiger partial charge in [-0.05, 0) is 62.0 Å². The zero-order valence-corrected chi connectivity index (χ0v) is 25.3. The van der Waals surface area contributed by atoms with Crippen molar-refractivity contribution in [3.63, 3.8) is 0 Å². The van der Waals surface area contributed by atoms with E-state index in [1.54, 1.807) is 16.2 Å². The lowest BCUT2D eigenvalue weighted by molar-refractivity contribution is -0.186. The van der Waals surface area contributed by atoms with E-state index >= 15 is 0 Å². The van der Waals surface area contributed by atoms with Gasteiger partial charge >= 0.3 is 11.7 Å². The van der Waals surface area contributed by atoms with E-state index in [4.69, 9.17) is 18.7 Å². The minimum atomic E-state index is -0.730. The molecule has 40 heavy (non-hydrogen) atoms. The van der Waals surface area contributed by atoms with Crippen LogP contribution in [0.25, 0.3) is 21.1 Å². The predicted molar refractivity (Wildman–Crippen MR) is 155 cm³/mol. The van der Waals surface area contributed by atoms with E-state index in [0.717, 1.165) is 51.8 Å². The van der Waals surface area contributed by atoms with Crippen molar-refractivity contribution >= 4 is 60.3 Å². The van der Waals surface area contributed by atoms with Crippen LogP contribution in [0, 0.1) is 0 Å². The normalized spacial score (nSPS) is 19.1. The monoisotopic (exact) mass is 635 g/mol. The van der Waals surface area contributed by atoms with E-state index in [9.17, 15) is 14.4 Å². The van der Waals surface area contributed by atoms with Crippen molar-refractivity contribution < 1.29 is 28.3 Å². The Kier molecular flexibility index (Phi) is 8.81. The summed E-state index contributed by atoms with van der Waals surface area (Å²) >= 11 is 5.31. The van der Waals surface area contributed by atoms with Crippen LogP contribution < -0.4 is 11.1 Å². The number of ether oxygens (including phenoxy) is 2. The number of halogens is 1. The molecule has 4 heterocycles. The van der Waals surface area contributed by atoms with E-state index in [1.165, 1.54) is 6.07 Å². The van der Waals surface area contributed by atoms with Crippen molar-refractivity contribution in [1.82, 2.24) is 15.3 Å². The maximum Gasteiger partial charge on any atom is 0.410 e. The molecule has 12 heteroatoms. The van der Waals surface area contributed by atoms with Crippen molar-refractivity contribution in [2.24, 2.45) is 0 Å². The fourth-order valence-electron chi connectivity index (χ4n) is 4.83. The van der Waals surface area contributed by atoms with Gasteiger partial charge in [-0.3, -0.25) is 9.69 Å². The number of benzene rings is 1. The summed E-state index contributed by atoms with van der Waals surface area (Å²) in [6.45, 7) is 9.71. The van der Waals surface area contributed by atoms with E-state index in [-0.39, 0.29) is 11.7 Å². The van der Waals surface area contributed by atoms with Gasteiger partial charge in [0.1, 0.15) is 11.2 Å². The molecule has 3 aromatic rings. The number of hydrogen-bond donors (Lipinski definition) is 1. The van der Waals surface area contributed by atoms with Crippen molar-refractivity contribution in [2.75, 3.05) is 32.8 Å². The topological polar surface area (TPSA) is 111 Å². The maximum absolute atomic E-state index is 12.8. The smallest absolute Gasteiger partial charge is 0.410 e. The van der Waals surface area contributed by atoms with Crippen LogP contribution in [0.5, 0.6) is 0 Å². The zero-order chi connectivity index (χ0) is 28.4. The molecule has 10 nitrogen and oxygen atoms in total. The van der Waals surface area contributed by atoms with Gasteiger partial charge in [0.05, 0.1) is 4.70 Å². The third-order valence-electron chi connectivity index (χ3n) is 6.84. The highest BCUT2D eigenvalue weighted by Gasteiger charge is 2.26. The molecule has 2 saturated heterocycles. The van der Waals surface area contributed by atoms with Gasteiger partial charge in [-0.15, -0.1) is 11.3 Å². The van der Waals surface area contributed by atoms with Crippen LogP contribution in [0.3, 0.4) is 0 Å². The predicted octanol–water partition coefficient (Wildman–Crippen LogP) is 5.40. The van der Waals surface area contributed by atoms with Gasteiger partial charge in [0.2, 0.25) is 0 Å². The molecule has 2 fully saturated rings. The lowest BCUT2D eigenvalue weighted by Gasteiger charge is -2.26. The molecule has 2 aliphatic rings. The van der Waals surface area contributed by atoms with Crippen LogP contribution in [0.4, 0.5) is 4.79 Å². The average molecular weight is 637 g/mol. The third-order valence-corrected chi connectivity index (χ3v) is 9.19. The summed E-state index contributed by atoms with van der Waals surface area (Å²) in [5.41, 5.74) is 1.39. The first kappa shape index (κ1) is 29.0. The number of fused-ring (bicyclic) bond motifs is 3. The molecule has 2 aromatic heterocycles. The molecular formula is C28H34BrN3O7S. The van der Waals surface area contributed by atoms with E-state index in [0.29, 0.717) is 43.6 Å². The maximum atomic E-state index is 12.8. The van der Waals surface area contributed by atoms with Gasteiger partial charge in [0.15, 0.2) is 11.9 Å². The molecule has 2 aliphatic heterocycles. The molecule has 2 amide bonds. The molecule has 0 radical (unpaired) electrons. The summed E-state index contributed by atoms with van der Waals surface area (Å²) in [6, 6.07) is 5.34. The molecule has 0 spiro atoms. The number of thiophene rings is 1. The van der Waals surface area contributed by atoms with Crippen molar-refractivity contribution in [2.45, 2.75) is 64.9 Å². The number of hydrogen-bond acceptors (Lipinski definition) is 9. The first-order valence-corrected chi connectivity index (χ1v) is 15.2. The zero-order valence-electron chi connectivity index (χ0n) is 22.9. The molecule has 1 unspecified atom stereocenters. The van der Waals surface area contributed by atoms with Crippen LogP contribution in [0.2, 0.25) is 0 Å². The molecule has 0 aliphatic carbocycles. The van der Waals surface area contributed by atoms with Crippen molar-refractivity contribution in [1.29, 1.82) is 0 Å². The van der Waals surface area contributed by atoms with Gasteiger partial charge in [-0.25, -0.2) is 19.9 Å². The first-order valence-electron chi connectivity index (χ1n) is 13.5. The second-order valence-electron chi connectivity index (χ2n) is 11.1. The molecule has 1 N–H and O–H groups in total. The minimum Gasteiger partial charge on any atom is -0.444 e. The Morgan fingerprint density at radius 3 is 2.73 bits per heavy atom. The van der Waals surface area contributed by atoms with Crippen LogP contribution in [0.1, 0.15) is 61.7 Å². The number of rotatable bonds is 5. The fourth-order valence-corrected chi connectivity index (χ4v) is 6.89. The SMILES string of the molecule is CC(C)(C)OC(=O)N1CCCN(Cc2sc3c(ccc4cc(C(=O)NOC5CCCCO5)c(=O)oc43)c2Br)CC1. The fraction of sp³-hybridized carbons (Fsp3) is 0.536. The Hall–Kier alpha value is -2.51. The third kappa shape index (κ3) is 6.68. The summed E-state index contributed by atoms with van der Waals surface area (Å²) in [5.74, 6) is -0.667. The largest absolute Gasteiger partial charge is 0.444 e. The van der Waals surface area contributed by atoms with Crippen LogP contribution in [-0.4, -0.2) is 66.5 Å². The van der Waals surface area contributed by atoms with Crippen LogP contribution >= 0.6 is 27.3 Å². The molecule has 1 atom stereocenters. The lowest BCUT2D eigenvalue weighted by Crippen LogP contribution is -2.39. The standard InChI is InChI=1S/C28H34BrN3O7S/c1-28(2,3)38-27(35)32-11-6-10-31(12-13-32)16-20-22(29)18-9-8-17-15-19(26(34)37-23(17)24(18)40-20)25(33)30-39-21-7-4-5-14-36-21/h8-9,15,21H,4-7,10-14,16H2,1-3H3,(H,30,33). The Labute approximate surface area is 244 Å². The summed E-state index contributed by atoms with van der Waals surface area (Å²) in [4.78, 5) is 48.5. The van der Waals surface area contributed by atoms with Crippen LogP contribution in [-0.2, 0) is 20.9 Å². The Morgan fingerprint density at radius 2 is 1.98 bits per heavy atom. The molecular weight excluding hydrogens is 602 g/mol. The number of nitrogens with one attached hydrogen (secondary N) is 1. The van der Waals surface area contributed by atoms with E-state index in [2.05, 4.69) is 26.3 Å². The summed E-state index contributed by atoms with van der Waals surface area (Å²) < 4.78 is 18.5. The van der Waals surface area contributed by atoms with Crippen molar-refractivity contribution in [3.8, 4) is 0 Å². The van der Waals surface area contributed by atoms with Gasteiger partial charge in [0.25, 0.3) is 5.91 Å². The summed E-state index contributed by atoms with van der Waals surface area (Å²) in [6.07, 6.45) is 2.65. The Bertz CT molecular complexity index is 1460. The van der Waals surface area contributed by atoms with Gasteiger partial charge in [0, 0.05) is 65.9 Å². The minimum absolute atomic E-state index is 0.127. The number of nitrogens with zero attached hydrogens (tertiary/aromatic N) is 2. The highest BCUT2D eigenvalue weighted by Crippen LogP contribution is 2.40. The van der Waals surface area contributed by atoms with Crippen LogP contribution in [0.15, 0.2) is 31.9 Å². The summed E-state index contributed by atoms with van der Waals surface area (Å²) in [7, 11) is 0. The molecule has 5 rings (SSSR count). The quantitative estimate of drug-likeness (QED) is 0.293. The Morgan fingerprint density at radius 1 is 1.15 bits per heavy atom. The second kappa shape index (κ2) is 12.2. The molecule has 216 valence electrons. The van der Waals surface area contributed by atoms with Gasteiger partial charge < -0.3 is 18.8 Å². The summed E-state index contributed by atoms with van der Waals surface area (Å²) in [5, 5.41) is 1.59. The lowest BCUT2D eigenvalue weighted by atomic mass is 10.1. The number of hydroxylamine groups is 1. The molecule has 0 bridgehead atoms. The highest BCUT2D eigenvalue weighted by atomic mass is 79.9. The highest BCUT2D eigenvalue weighted by molar-refractivity contribution is 9.10. The number of amides is 2. The van der Waals surface area contributed by atoms with Crippen molar-refractivity contribution in [3.05, 3.63) is 43.5 Å². The number of carbonyl (C=O) groups excluding carboxylic acids is 2. The number of carbonyl (C=O) groups is 2. The van der Waals surface area contributed by atoms with E-state index < -0.39 is 23.4 Å². The van der Waals surface area contributed by atoms with E-state index in [1.807, 2.05) is 32.9 Å². The molecule has 0 saturated carbocycles.